The minimum absolute atomic E-state index is 0.225. The first-order valence-electron chi connectivity index (χ1n) is 12.7. The van der Waals surface area contributed by atoms with Crippen LogP contribution in [0.4, 0.5) is 0 Å². The third kappa shape index (κ3) is 5.52. The van der Waals surface area contributed by atoms with E-state index >= 15 is 0 Å². The normalized spacial score (nSPS) is 12.6. The van der Waals surface area contributed by atoms with Gasteiger partial charge < -0.3 is 9.30 Å². The number of nitrogens with zero attached hydrogens (tertiary/aromatic N) is 2. The van der Waals surface area contributed by atoms with Crippen molar-refractivity contribution in [3.05, 3.63) is 95.3 Å². The summed E-state index contributed by atoms with van der Waals surface area (Å²) >= 11 is 0. The largest absolute Gasteiger partial charge is 0.493 e. The van der Waals surface area contributed by atoms with Crippen molar-refractivity contribution in [2.75, 3.05) is 6.61 Å². The molecule has 0 N–H and O–H groups in total. The summed E-state index contributed by atoms with van der Waals surface area (Å²) in [5.41, 5.74) is 6.24. The first-order chi connectivity index (χ1) is 16.4. The fraction of sp³-hybridized carbons (Fsp3) is 0.387. The van der Waals surface area contributed by atoms with E-state index in [4.69, 9.17) is 9.72 Å². The van der Waals surface area contributed by atoms with E-state index in [9.17, 15) is 0 Å². The minimum atomic E-state index is 0.225. The van der Waals surface area contributed by atoms with Crippen molar-refractivity contribution in [2.24, 2.45) is 5.92 Å². The maximum atomic E-state index is 6.20. The molecule has 0 fully saturated rings. The molecule has 34 heavy (non-hydrogen) atoms. The summed E-state index contributed by atoms with van der Waals surface area (Å²) in [5, 5.41) is 0. The van der Waals surface area contributed by atoms with E-state index in [1.165, 1.54) is 22.2 Å². The summed E-state index contributed by atoms with van der Waals surface area (Å²) in [4.78, 5) is 5.06. The lowest BCUT2D eigenvalue weighted by atomic mass is 9.96. The van der Waals surface area contributed by atoms with Gasteiger partial charge in [0.05, 0.1) is 17.6 Å². The summed E-state index contributed by atoms with van der Waals surface area (Å²) in [7, 11) is 0. The molecule has 0 radical (unpaired) electrons. The highest BCUT2D eigenvalue weighted by atomic mass is 16.5. The molecule has 0 saturated heterocycles. The van der Waals surface area contributed by atoms with E-state index in [-0.39, 0.29) is 5.92 Å². The molecule has 3 nitrogen and oxygen atoms in total. The Bertz CT molecular complexity index is 1200. The topological polar surface area (TPSA) is 27.1 Å². The van der Waals surface area contributed by atoms with Crippen LogP contribution in [-0.2, 0) is 13.0 Å². The molecular formula is C31H38N2O. The van der Waals surface area contributed by atoms with Crippen LogP contribution in [0.15, 0.2) is 72.8 Å². The number of hydrogen-bond donors (Lipinski definition) is 0. The van der Waals surface area contributed by atoms with Gasteiger partial charge in [0.15, 0.2) is 0 Å². The van der Waals surface area contributed by atoms with Crippen molar-refractivity contribution in [1.82, 2.24) is 9.55 Å². The van der Waals surface area contributed by atoms with Gasteiger partial charge in [0.1, 0.15) is 11.6 Å². The van der Waals surface area contributed by atoms with Crippen LogP contribution in [0.3, 0.4) is 0 Å². The zero-order valence-corrected chi connectivity index (χ0v) is 21.3. The minimum Gasteiger partial charge on any atom is -0.493 e. The Morgan fingerprint density at radius 2 is 1.53 bits per heavy atom. The predicted molar refractivity (Wildman–Crippen MR) is 143 cm³/mol. The van der Waals surface area contributed by atoms with Crippen molar-refractivity contribution < 1.29 is 4.74 Å². The first kappa shape index (κ1) is 24.1. The van der Waals surface area contributed by atoms with Crippen LogP contribution < -0.4 is 4.74 Å². The molecule has 4 aromatic rings. The third-order valence-electron chi connectivity index (χ3n) is 6.52. The second kappa shape index (κ2) is 10.9. The zero-order chi connectivity index (χ0) is 24.1. The molecule has 1 aromatic heterocycles. The van der Waals surface area contributed by atoms with Gasteiger partial charge in [0, 0.05) is 12.5 Å². The van der Waals surface area contributed by atoms with Crippen molar-refractivity contribution in [1.29, 1.82) is 0 Å². The van der Waals surface area contributed by atoms with Gasteiger partial charge in [-0.2, -0.15) is 0 Å². The van der Waals surface area contributed by atoms with E-state index in [1.54, 1.807) is 0 Å². The first-order valence-corrected chi connectivity index (χ1v) is 12.7. The van der Waals surface area contributed by atoms with Crippen LogP contribution in [0.2, 0.25) is 0 Å². The monoisotopic (exact) mass is 454 g/mol. The third-order valence-corrected chi connectivity index (χ3v) is 6.52. The maximum absolute atomic E-state index is 6.20. The van der Waals surface area contributed by atoms with E-state index in [2.05, 4.69) is 112 Å². The number of benzene rings is 3. The fourth-order valence-electron chi connectivity index (χ4n) is 4.72. The Morgan fingerprint density at radius 3 is 2.26 bits per heavy atom. The molecule has 178 valence electrons. The lowest BCUT2D eigenvalue weighted by molar-refractivity contribution is 0.297. The molecule has 0 aliphatic heterocycles. The summed E-state index contributed by atoms with van der Waals surface area (Å²) < 4.78 is 8.59. The molecule has 1 heterocycles. The Kier molecular flexibility index (Phi) is 7.72. The zero-order valence-electron chi connectivity index (χ0n) is 21.3. The van der Waals surface area contributed by atoms with Crippen LogP contribution in [0.1, 0.15) is 75.4 Å². The van der Waals surface area contributed by atoms with Gasteiger partial charge in [-0.05, 0) is 59.6 Å². The maximum Gasteiger partial charge on any atom is 0.122 e. The summed E-state index contributed by atoms with van der Waals surface area (Å²) in [6.07, 6.45) is 2.05. The lowest BCUT2D eigenvalue weighted by Gasteiger charge is -2.17. The Balaban J connectivity index is 1.51. The Labute approximate surface area is 204 Å². The van der Waals surface area contributed by atoms with Crippen LogP contribution >= 0.6 is 0 Å². The molecule has 1 atom stereocenters. The standard InChI is InChI=1S/C31H38N2O/c1-22(2)21-25-15-17-26(18-16-25)24(5)31-32-28-12-7-8-13-29(28)33(31)19-10-20-34-30-14-9-6-11-27(30)23(3)4/h6-9,11-18,22-24H,10,19-21H2,1-5H3. The van der Waals surface area contributed by atoms with Crippen LogP contribution in [0, 0.1) is 5.92 Å². The smallest absolute Gasteiger partial charge is 0.122 e. The van der Waals surface area contributed by atoms with Crippen LogP contribution in [0.5, 0.6) is 5.75 Å². The van der Waals surface area contributed by atoms with Gasteiger partial charge in [0.25, 0.3) is 0 Å². The van der Waals surface area contributed by atoms with Crippen molar-refractivity contribution in [2.45, 2.75) is 65.8 Å². The number of ether oxygens (including phenoxy) is 1. The van der Waals surface area contributed by atoms with Gasteiger partial charge >= 0.3 is 0 Å². The van der Waals surface area contributed by atoms with Crippen molar-refractivity contribution in [3.63, 3.8) is 0 Å². The molecule has 0 saturated carbocycles. The van der Waals surface area contributed by atoms with Crippen LogP contribution in [0.25, 0.3) is 11.0 Å². The highest BCUT2D eigenvalue weighted by molar-refractivity contribution is 5.76. The van der Waals surface area contributed by atoms with Gasteiger partial charge in [-0.15, -0.1) is 0 Å². The highest BCUT2D eigenvalue weighted by Crippen LogP contribution is 2.29. The molecule has 0 bridgehead atoms. The Hall–Kier alpha value is -3.07. The Morgan fingerprint density at radius 1 is 0.824 bits per heavy atom. The average molecular weight is 455 g/mol. The van der Waals surface area contributed by atoms with Crippen molar-refractivity contribution in [3.8, 4) is 5.75 Å². The second-order valence-corrected chi connectivity index (χ2v) is 10.1. The molecular weight excluding hydrogens is 416 g/mol. The van der Waals surface area contributed by atoms with Crippen molar-refractivity contribution >= 4 is 11.0 Å². The van der Waals surface area contributed by atoms with Gasteiger partial charge in [-0.1, -0.05) is 89.2 Å². The summed E-state index contributed by atoms with van der Waals surface area (Å²) in [6, 6.07) is 26.0. The molecule has 0 aliphatic carbocycles. The molecule has 1 unspecified atom stereocenters. The molecule has 3 heteroatoms. The molecule has 0 spiro atoms. The molecule has 0 amide bonds. The number of fused-ring (bicyclic) bond motifs is 1. The van der Waals surface area contributed by atoms with E-state index in [0.717, 1.165) is 36.5 Å². The summed E-state index contributed by atoms with van der Waals surface area (Å²) in [6.45, 7) is 12.8. The summed E-state index contributed by atoms with van der Waals surface area (Å²) in [5.74, 6) is 3.47. The molecule has 4 rings (SSSR count). The van der Waals surface area contributed by atoms with E-state index < -0.39 is 0 Å². The SMILES string of the molecule is CC(C)Cc1ccc(C(C)c2nc3ccccc3n2CCCOc2ccccc2C(C)C)cc1. The number of aromatic nitrogens is 2. The number of aryl methyl sites for hydroxylation is 1. The molecule has 0 aliphatic rings. The highest BCUT2D eigenvalue weighted by Gasteiger charge is 2.18. The van der Waals surface area contributed by atoms with E-state index in [0.29, 0.717) is 18.4 Å². The average Bonchev–Trinajstić information content (AvgIpc) is 3.20. The fourth-order valence-corrected chi connectivity index (χ4v) is 4.72. The lowest BCUT2D eigenvalue weighted by Crippen LogP contribution is -2.11. The number of imidazole rings is 1. The predicted octanol–water partition coefficient (Wildman–Crippen LogP) is 7.98. The molecule has 3 aromatic carbocycles. The van der Waals surface area contributed by atoms with E-state index in [1.807, 2.05) is 0 Å². The number of para-hydroxylation sites is 3. The van der Waals surface area contributed by atoms with Gasteiger partial charge in [-0.3, -0.25) is 0 Å². The van der Waals surface area contributed by atoms with Gasteiger partial charge in [-0.25, -0.2) is 4.98 Å². The second-order valence-electron chi connectivity index (χ2n) is 10.1. The number of rotatable bonds is 10. The quantitative estimate of drug-likeness (QED) is 0.227. The van der Waals surface area contributed by atoms with Gasteiger partial charge in [0.2, 0.25) is 0 Å². The number of hydrogen-bond acceptors (Lipinski definition) is 2. The van der Waals surface area contributed by atoms with Crippen LogP contribution in [-0.4, -0.2) is 16.2 Å².